The van der Waals surface area contributed by atoms with Crippen LogP contribution in [-0.4, -0.2) is 29.9 Å². The van der Waals surface area contributed by atoms with Crippen LogP contribution in [0, 0.1) is 0 Å². The van der Waals surface area contributed by atoms with E-state index in [2.05, 4.69) is 45.2 Å². The molecule has 0 aliphatic heterocycles. The summed E-state index contributed by atoms with van der Waals surface area (Å²) in [6, 6.07) is 8.87. The van der Waals surface area contributed by atoms with Crippen molar-refractivity contribution >= 4 is 23.2 Å². The predicted molar refractivity (Wildman–Crippen MR) is 95.5 cm³/mol. The van der Waals surface area contributed by atoms with Gasteiger partial charge >= 0.3 is 0 Å². The molecule has 1 N–H and O–H groups in total. The lowest BCUT2D eigenvalue weighted by Crippen LogP contribution is -2.42. The van der Waals surface area contributed by atoms with Crippen molar-refractivity contribution in [3.63, 3.8) is 0 Å². The first-order valence-corrected chi connectivity index (χ1v) is 11.7. The van der Waals surface area contributed by atoms with Crippen molar-refractivity contribution in [3.05, 3.63) is 42.5 Å². The Morgan fingerprint density at radius 1 is 1.23 bits per heavy atom. The smallest absolute Gasteiger partial charge is 0.240 e. The molecule has 0 aromatic heterocycles. The number of hydrogen-bond acceptors (Lipinski definition) is 3. The first-order valence-electron chi connectivity index (χ1n) is 7.35. The minimum Gasteiger partial charge on any atom is -0.415 e. The Bertz CT molecular complexity index is 604. The van der Waals surface area contributed by atoms with E-state index in [1.54, 1.807) is 24.3 Å². The summed E-state index contributed by atoms with van der Waals surface area (Å²) >= 11 is 0. The summed E-state index contributed by atoms with van der Waals surface area (Å²) in [5.74, 6) is 0. The van der Waals surface area contributed by atoms with Gasteiger partial charge in [0.25, 0.3) is 0 Å². The first kappa shape index (κ1) is 19.1. The Balaban J connectivity index is 2.56. The third-order valence-corrected chi connectivity index (χ3v) is 10.1. The summed E-state index contributed by atoms with van der Waals surface area (Å²) in [6.07, 6.45) is 0. The molecule has 0 bridgehead atoms. The highest BCUT2D eigenvalue weighted by molar-refractivity contribution is 7.98. The van der Waals surface area contributed by atoms with Crippen LogP contribution in [0.3, 0.4) is 0 Å². The monoisotopic (exact) mass is 341 g/mol. The van der Waals surface area contributed by atoms with Gasteiger partial charge in [-0.1, -0.05) is 57.7 Å². The third-order valence-electron chi connectivity index (χ3n) is 4.08. The zero-order valence-electron chi connectivity index (χ0n) is 14.1. The molecule has 0 saturated carbocycles. The number of nitrogens with one attached hydrogen (secondary N) is 1. The van der Waals surface area contributed by atoms with Crippen molar-refractivity contribution < 1.29 is 12.8 Å². The summed E-state index contributed by atoms with van der Waals surface area (Å²) < 4.78 is 32.9. The first-order chi connectivity index (χ1) is 9.97. The maximum absolute atomic E-state index is 12.2. The van der Waals surface area contributed by atoms with Crippen molar-refractivity contribution in [1.82, 2.24) is 4.72 Å². The lowest BCUT2D eigenvalue weighted by molar-refractivity contribution is 0.293. The van der Waals surface area contributed by atoms with Crippen molar-refractivity contribution in [3.8, 4) is 0 Å². The molecule has 4 nitrogen and oxygen atoms in total. The molecule has 0 unspecified atom stereocenters. The van der Waals surface area contributed by atoms with Crippen LogP contribution < -0.4 is 4.72 Å². The van der Waals surface area contributed by atoms with Gasteiger partial charge < -0.3 is 4.43 Å². The quantitative estimate of drug-likeness (QED) is 0.609. The zero-order valence-corrected chi connectivity index (χ0v) is 16.0. The molecule has 0 radical (unpaired) electrons. The summed E-state index contributed by atoms with van der Waals surface area (Å²) in [5, 5.41) is 0.111. The van der Waals surface area contributed by atoms with Gasteiger partial charge in [-0.15, -0.1) is 0 Å². The third kappa shape index (κ3) is 5.05. The van der Waals surface area contributed by atoms with Crippen LogP contribution in [0.15, 0.2) is 36.9 Å². The van der Waals surface area contributed by atoms with Crippen LogP contribution >= 0.6 is 0 Å². The van der Waals surface area contributed by atoms with Crippen molar-refractivity contribution in [1.29, 1.82) is 0 Å². The Hall–Kier alpha value is -0.953. The average Bonchev–Trinajstić information content (AvgIpc) is 2.42. The van der Waals surface area contributed by atoms with E-state index in [1.807, 2.05) is 6.07 Å². The Kier molecular flexibility index (Phi) is 6.15. The lowest BCUT2D eigenvalue weighted by Gasteiger charge is -2.36. The van der Waals surface area contributed by atoms with E-state index in [4.69, 9.17) is 4.43 Å². The molecule has 0 heterocycles. The second-order valence-corrected chi connectivity index (χ2v) is 13.4. The standard InChI is InChI=1S/C16H27NO3SSi/c1-14(15-10-8-7-9-11-15)21(18,19)17-12-13-20-22(5,6)16(2,3)4/h7-11,17H,1,12-13H2,2-6H3. The molecule has 0 saturated heterocycles. The Labute approximate surface area is 135 Å². The molecule has 1 aromatic carbocycles. The molecule has 0 atom stereocenters. The van der Waals surface area contributed by atoms with E-state index in [9.17, 15) is 8.42 Å². The van der Waals surface area contributed by atoms with Gasteiger partial charge in [0.15, 0.2) is 8.32 Å². The maximum atomic E-state index is 12.2. The maximum Gasteiger partial charge on any atom is 0.240 e. The number of sulfonamides is 1. The van der Waals surface area contributed by atoms with E-state index < -0.39 is 18.3 Å². The second-order valence-electron chi connectivity index (χ2n) is 6.80. The number of benzene rings is 1. The summed E-state index contributed by atoms with van der Waals surface area (Å²) in [4.78, 5) is 0.0837. The fourth-order valence-corrected chi connectivity index (χ4v) is 3.58. The normalized spacial score (nSPS) is 13.1. The zero-order chi connectivity index (χ0) is 17.0. The van der Waals surface area contributed by atoms with Gasteiger partial charge in [-0.05, 0) is 23.7 Å². The van der Waals surface area contributed by atoms with E-state index >= 15 is 0 Å². The fourth-order valence-electron chi connectivity index (χ4n) is 1.57. The van der Waals surface area contributed by atoms with Gasteiger partial charge in [0.2, 0.25) is 10.0 Å². The topological polar surface area (TPSA) is 55.4 Å². The summed E-state index contributed by atoms with van der Waals surface area (Å²) in [6.45, 7) is 15.1. The largest absolute Gasteiger partial charge is 0.415 e. The minimum absolute atomic E-state index is 0.0837. The highest BCUT2D eigenvalue weighted by Gasteiger charge is 2.36. The number of hydrogen-bond donors (Lipinski definition) is 1. The Morgan fingerprint density at radius 2 is 1.77 bits per heavy atom. The SMILES string of the molecule is C=C(c1ccccc1)S(=O)(=O)NCCO[Si](C)(C)C(C)(C)C. The van der Waals surface area contributed by atoms with Crippen molar-refractivity contribution in [2.24, 2.45) is 0 Å². The van der Waals surface area contributed by atoms with Crippen LogP contribution in [0.1, 0.15) is 26.3 Å². The van der Waals surface area contributed by atoms with Crippen LogP contribution in [0.25, 0.3) is 4.91 Å². The van der Waals surface area contributed by atoms with Gasteiger partial charge in [0.1, 0.15) is 0 Å². The van der Waals surface area contributed by atoms with Crippen LogP contribution in [-0.2, 0) is 14.4 Å². The molecule has 1 rings (SSSR count). The molecule has 0 spiro atoms. The van der Waals surface area contributed by atoms with E-state index in [0.29, 0.717) is 12.2 Å². The van der Waals surface area contributed by atoms with Gasteiger partial charge in [-0.25, -0.2) is 13.1 Å². The highest BCUT2D eigenvalue weighted by Crippen LogP contribution is 2.36. The van der Waals surface area contributed by atoms with Gasteiger partial charge in [0.05, 0.1) is 4.91 Å². The van der Waals surface area contributed by atoms with Crippen LogP contribution in [0.5, 0.6) is 0 Å². The molecule has 0 aliphatic carbocycles. The van der Waals surface area contributed by atoms with E-state index in [1.165, 1.54) is 0 Å². The molecule has 6 heteroatoms. The highest BCUT2D eigenvalue weighted by atomic mass is 32.2. The molecule has 22 heavy (non-hydrogen) atoms. The van der Waals surface area contributed by atoms with E-state index in [-0.39, 0.29) is 16.5 Å². The Morgan fingerprint density at radius 3 is 2.27 bits per heavy atom. The lowest BCUT2D eigenvalue weighted by atomic mass is 10.2. The number of rotatable bonds is 7. The summed E-state index contributed by atoms with van der Waals surface area (Å²) in [7, 11) is -5.43. The average molecular weight is 342 g/mol. The fraction of sp³-hybridized carbons (Fsp3) is 0.500. The van der Waals surface area contributed by atoms with E-state index in [0.717, 1.165) is 0 Å². The van der Waals surface area contributed by atoms with Crippen molar-refractivity contribution in [2.45, 2.75) is 38.9 Å². The summed E-state index contributed by atoms with van der Waals surface area (Å²) in [5.41, 5.74) is 0.598. The molecule has 0 fully saturated rings. The molecular weight excluding hydrogens is 314 g/mol. The molecule has 0 amide bonds. The van der Waals surface area contributed by atoms with Crippen LogP contribution in [0.2, 0.25) is 18.1 Å². The van der Waals surface area contributed by atoms with Gasteiger partial charge in [-0.3, -0.25) is 0 Å². The molecule has 0 aliphatic rings. The van der Waals surface area contributed by atoms with Gasteiger partial charge in [-0.2, -0.15) is 0 Å². The second kappa shape index (κ2) is 7.08. The minimum atomic E-state index is -3.58. The molecular formula is C16H27NO3SSi. The van der Waals surface area contributed by atoms with Crippen LogP contribution in [0.4, 0.5) is 0 Å². The van der Waals surface area contributed by atoms with Crippen molar-refractivity contribution in [2.75, 3.05) is 13.2 Å². The molecule has 1 aromatic rings. The molecule has 124 valence electrons. The predicted octanol–water partition coefficient (Wildman–Crippen LogP) is 3.60. The van der Waals surface area contributed by atoms with Gasteiger partial charge in [0, 0.05) is 13.2 Å².